The Morgan fingerprint density at radius 2 is 1.48 bits per heavy atom. The van der Waals surface area contributed by atoms with Crippen molar-refractivity contribution in [2.24, 2.45) is 11.7 Å². The summed E-state index contributed by atoms with van der Waals surface area (Å²) in [6, 6.07) is 13.8. The Morgan fingerprint density at radius 1 is 0.875 bits per heavy atom. The Morgan fingerprint density at radius 3 is 2.08 bits per heavy atom. The third-order valence-electron chi connectivity index (χ3n) is 7.69. The third-order valence-corrected chi connectivity index (χ3v) is 7.69. The first-order valence-corrected chi connectivity index (χ1v) is 14.1. The van der Waals surface area contributed by atoms with Gasteiger partial charge in [-0.2, -0.15) is 19.9 Å². The molecule has 1 aromatic carbocycles. The topological polar surface area (TPSA) is 177 Å². The van der Waals surface area contributed by atoms with Crippen molar-refractivity contribution in [1.29, 1.82) is 0 Å². The van der Waals surface area contributed by atoms with Crippen LogP contribution in [0.3, 0.4) is 0 Å². The molecule has 210 valence electrons. The standard InChI is InChI=1S/C16H19N5.C12H18N6O/c1-10-8-11-4-2-3-5-13(11)21(10)15-9-14(18-12-6-7-12)19-16(17)20-15;13-11(19)7-3-4-18(6-7)10-5-9(15-8-1-2-8)16-12(14)17-10/h2-5,9-10,12H,6-8H2,1H3,(H3,17,18,19,20);5,7-8H,1-4,6H2,(H2,13,19)(H3,14,15,16,17)/t;7-/m.1/s1. The van der Waals surface area contributed by atoms with Gasteiger partial charge in [-0.15, -0.1) is 0 Å². The first-order valence-electron chi connectivity index (χ1n) is 14.1. The number of nitrogens with two attached hydrogens (primary N) is 3. The minimum absolute atomic E-state index is 0.101. The number of carbonyl (C=O) groups excluding carboxylic acids is 1. The fraction of sp³-hybridized carbons (Fsp3) is 0.464. The number of hydrogen-bond donors (Lipinski definition) is 5. The summed E-state index contributed by atoms with van der Waals surface area (Å²) in [5.74, 6) is 3.46. The normalized spacial score (nSPS) is 21.4. The van der Waals surface area contributed by atoms with Crippen molar-refractivity contribution in [3.8, 4) is 0 Å². The zero-order valence-corrected chi connectivity index (χ0v) is 22.8. The number of fused-ring (bicyclic) bond motifs is 1. The van der Waals surface area contributed by atoms with Crippen LogP contribution in [0.4, 0.5) is 40.9 Å². The second-order valence-electron chi connectivity index (χ2n) is 11.2. The highest BCUT2D eigenvalue weighted by Gasteiger charge is 2.30. The summed E-state index contributed by atoms with van der Waals surface area (Å²) in [6.07, 6.45) is 6.57. The Kier molecular flexibility index (Phi) is 6.91. The van der Waals surface area contributed by atoms with Crippen LogP contribution < -0.4 is 37.6 Å². The molecular formula is C28H37N11O. The van der Waals surface area contributed by atoms with Crippen LogP contribution in [0.2, 0.25) is 0 Å². The number of primary amides is 1. The van der Waals surface area contributed by atoms with Gasteiger partial charge in [0.15, 0.2) is 0 Å². The molecule has 12 nitrogen and oxygen atoms in total. The number of carbonyl (C=O) groups is 1. The zero-order chi connectivity index (χ0) is 27.8. The van der Waals surface area contributed by atoms with Crippen LogP contribution >= 0.6 is 0 Å². The summed E-state index contributed by atoms with van der Waals surface area (Å²) in [4.78, 5) is 32.6. The Hall–Kier alpha value is -4.35. The number of hydrogen-bond acceptors (Lipinski definition) is 11. The highest BCUT2D eigenvalue weighted by Crippen LogP contribution is 2.38. The maximum absolute atomic E-state index is 11.2. The first kappa shape index (κ1) is 25.9. The maximum Gasteiger partial charge on any atom is 0.223 e. The first-order chi connectivity index (χ1) is 19.3. The molecule has 2 aromatic heterocycles. The number of rotatable bonds is 7. The van der Waals surface area contributed by atoms with Crippen molar-refractivity contribution in [2.75, 3.05) is 45.0 Å². The van der Waals surface area contributed by atoms with E-state index >= 15 is 0 Å². The Bertz CT molecular complexity index is 1390. The molecule has 1 saturated heterocycles. The van der Waals surface area contributed by atoms with E-state index in [-0.39, 0.29) is 17.8 Å². The lowest BCUT2D eigenvalue weighted by atomic mass is 10.1. The van der Waals surface area contributed by atoms with Gasteiger partial charge < -0.3 is 37.6 Å². The predicted molar refractivity (Wildman–Crippen MR) is 157 cm³/mol. The van der Waals surface area contributed by atoms with E-state index in [0.29, 0.717) is 30.6 Å². The number of para-hydroxylation sites is 1. The fourth-order valence-corrected chi connectivity index (χ4v) is 5.33. The van der Waals surface area contributed by atoms with Crippen LogP contribution in [0.25, 0.3) is 0 Å². The number of nitrogens with zero attached hydrogens (tertiary/aromatic N) is 6. The van der Waals surface area contributed by atoms with E-state index in [1.54, 1.807) is 0 Å². The highest BCUT2D eigenvalue weighted by molar-refractivity contribution is 5.78. The van der Waals surface area contributed by atoms with Crippen LogP contribution in [0, 0.1) is 5.92 Å². The van der Waals surface area contributed by atoms with Gasteiger partial charge in [-0.25, -0.2) is 0 Å². The summed E-state index contributed by atoms with van der Waals surface area (Å²) >= 11 is 0. The number of nitrogens with one attached hydrogen (secondary N) is 2. The summed E-state index contributed by atoms with van der Waals surface area (Å²) in [5, 5.41) is 6.71. The Labute approximate surface area is 233 Å². The predicted octanol–water partition coefficient (Wildman–Crippen LogP) is 2.66. The number of nitrogen functional groups attached to an aromatic ring is 2. The molecule has 12 heteroatoms. The van der Waals surface area contributed by atoms with Crippen LogP contribution in [0.1, 0.15) is 44.6 Å². The summed E-state index contributed by atoms with van der Waals surface area (Å²) in [5.41, 5.74) is 19.6. The van der Waals surface area contributed by atoms with Crippen molar-refractivity contribution < 1.29 is 4.79 Å². The molecule has 8 N–H and O–H groups in total. The quantitative estimate of drug-likeness (QED) is 0.296. The minimum atomic E-state index is -0.249. The summed E-state index contributed by atoms with van der Waals surface area (Å²) in [7, 11) is 0. The van der Waals surface area contributed by atoms with Gasteiger partial charge in [-0.1, -0.05) is 18.2 Å². The van der Waals surface area contributed by atoms with Crippen LogP contribution in [0.15, 0.2) is 36.4 Å². The molecule has 2 atom stereocenters. The lowest BCUT2D eigenvalue weighted by molar-refractivity contribution is -0.121. The molecule has 0 spiro atoms. The van der Waals surface area contributed by atoms with Crippen molar-refractivity contribution in [3.05, 3.63) is 42.0 Å². The molecule has 4 heterocycles. The molecule has 2 saturated carbocycles. The molecule has 0 bridgehead atoms. The molecule has 7 rings (SSSR count). The van der Waals surface area contributed by atoms with Gasteiger partial charge >= 0.3 is 0 Å². The van der Waals surface area contributed by atoms with Crippen LogP contribution in [-0.2, 0) is 11.2 Å². The second-order valence-corrected chi connectivity index (χ2v) is 11.2. The van der Waals surface area contributed by atoms with Gasteiger partial charge in [0.05, 0.1) is 5.92 Å². The van der Waals surface area contributed by atoms with Gasteiger partial charge in [0.25, 0.3) is 0 Å². The third kappa shape index (κ3) is 5.95. The van der Waals surface area contributed by atoms with E-state index in [1.165, 1.54) is 36.9 Å². The van der Waals surface area contributed by atoms with Gasteiger partial charge in [-0.3, -0.25) is 4.79 Å². The van der Waals surface area contributed by atoms with E-state index < -0.39 is 0 Å². The number of anilines is 7. The molecule has 1 unspecified atom stereocenters. The van der Waals surface area contributed by atoms with Gasteiger partial charge in [0.1, 0.15) is 23.3 Å². The molecule has 40 heavy (non-hydrogen) atoms. The van der Waals surface area contributed by atoms with E-state index in [0.717, 1.165) is 42.7 Å². The second kappa shape index (κ2) is 10.7. The maximum atomic E-state index is 11.2. The largest absolute Gasteiger partial charge is 0.369 e. The van der Waals surface area contributed by atoms with Crippen molar-refractivity contribution in [1.82, 2.24) is 19.9 Å². The van der Waals surface area contributed by atoms with Crippen molar-refractivity contribution in [3.63, 3.8) is 0 Å². The average Bonchev–Trinajstić information content (AvgIpc) is 3.82. The van der Waals surface area contributed by atoms with Crippen molar-refractivity contribution >= 4 is 46.8 Å². The van der Waals surface area contributed by atoms with Gasteiger partial charge in [0.2, 0.25) is 17.8 Å². The zero-order valence-electron chi connectivity index (χ0n) is 22.8. The van der Waals surface area contributed by atoms with E-state index in [2.05, 4.69) is 66.7 Å². The van der Waals surface area contributed by atoms with Gasteiger partial charge in [-0.05, 0) is 57.1 Å². The van der Waals surface area contributed by atoms with Crippen molar-refractivity contribution in [2.45, 2.75) is 63.6 Å². The Balaban J connectivity index is 0.000000145. The summed E-state index contributed by atoms with van der Waals surface area (Å²) < 4.78 is 0. The van der Waals surface area contributed by atoms with E-state index in [9.17, 15) is 4.79 Å². The van der Waals surface area contributed by atoms with E-state index in [4.69, 9.17) is 17.2 Å². The molecule has 0 radical (unpaired) electrons. The smallest absolute Gasteiger partial charge is 0.223 e. The van der Waals surface area contributed by atoms with E-state index in [1.807, 2.05) is 17.0 Å². The molecule has 1 amide bonds. The number of aromatic nitrogens is 4. The summed E-state index contributed by atoms with van der Waals surface area (Å²) in [6.45, 7) is 3.59. The minimum Gasteiger partial charge on any atom is -0.369 e. The fourth-order valence-electron chi connectivity index (χ4n) is 5.33. The lowest BCUT2D eigenvalue weighted by Gasteiger charge is -2.24. The highest BCUT2D eigenvalue weighted by atomic mass is 16.1. The number of amides is 1. The molecule has 3 fully saturated rings. The monoisotopic (exact) mass is 543 g/mol. The lowest BCUT2D eigenvalue weighted by Crippen LogP contribution is -2.28. The van der Waals surface area contributed by atoms with Crippen LogP contribution in [0.5, 0.6) is 0 Å². The average molecular weight is 544 g/mol. The number of benzene rings is 1. The van der Waals surface area contributed by atoms with Crippen LogP contribution in [-0.4, -0.2) is 57.1 Å². The SMILES string of the molecule is CC1Cc2ccccc2N1c1cc(NC2CC2)nc(N)n1.NC(=O)[C@@H]1CCN(c2cc(NC3CC3)nc(N)n2)C1. The molecule has 4 aliphatic rings. The molecule has 2 aliphatic heterocycles. The molecule has 2 aliphatic carbocycles. The molecular weight excluding hydrogens is 506 g/mol. The molecule has 3 aromatic rings. The van der Waals surface area contributed by atoms with Gasteiger partial charge in [0, 0.05) is 49.0 Å².